The Labute approximate surface area is 115 Å². The second-order valence-corrected chi connectivity index (χ2v) is 4.44. The Hall–Kier alpha value is -2.55. The van der Waals surface area contributed by atoms with Gasteiger partial charge in [-0.25, -0.2) is 13.8 Å². The van der Waals surface area contributed by atoms with Gasteiger partial charge in [0.05, 0.1) is 11.2 Å². The number of pyridine rings is 1. The molecule has 3 rings (SSSR count). The van der Waals surface area contributed by atoms with Crippen molar-refractivity contribution in [3.05, 3.63) is 77.5 Å². The molecule has 1 heterocycles. The Morgan fingerprint density at radius 2 is 1.55 bits per heavy atom. The highest BCUT2D eigenvalue weighted by atomic mass is 19.2. The van der Waals surface area contributed by atoms with E-state index < -0.39 is 11.6 Å². The van der Waals surface area contributed by atoms with Crippen molar-refractivity contribution in [2.45, 2.75) is 0 Å². The van der Waals surface area contributed by atoms with Gasteiger partial charge in [-0.05, 0) is 23.8 Å². The Morgan fingerprint density at radius 3 is 2.35 bits per heavy atom. The quantitative estimate of drug-likeness (QED) is 0.656. The molecule has 3 heteroatoms. The van der Waals surface area contributed by atoms with Gasteiger partial charge in [0.15, 0.2) is 11.6 Å². The first-order valence-electron chi connectivity index (χ1n) is 6.21. The van der Waals surface area contributed by atoms with Gasteiger partial charge >= 0.3 is 0 Å². The largest absolute Gasteiger partial charge is 0.248 e. The molecule has 2 aromatic carbocycles. The van der Waals surface area contributed by atoms with Gasteiger partial charge in [-0.2, -0.15) is 0 Å². The molecule has 0 saturated carbocycles. The summed E-state index contributed by atoms with van der Waals surface area (Å²) in [6.07, 6.45) is 3.77. The van der Waals surface area contributed by atoms with E-state index in [4.69, 9.17) is 0 Å². The lowest BCUT2D eigenvalue weighted by Crippen LogP contribution is -1.88. The summed E-state index contributed by atoms with van der Waals surface area (Å²) in [5.74, 6) is -1.74. The molecule has 0 aliphatic carbocycles. The van der Waals surface area contributed by atoms with E-state index in [0.29, 0.717) is 16.6 Å². The molecule has 20 heavy (non-hydrogen) atoms. The topological polar surface area (TPSA) is 12.9 Å². The third-order valence-electron chi connectivity index (χ3n) is 3.00. The molecule has 0 N–H and O–H groups in total. The molecule has 0 bridgehead atoms. The summed E-state index contributed by atoms with van der Waals surface area (Å²) < 4.78 is 26.3. The Kier molecular flexibility index (Phi) is 3.25. The second-order valence-electron chi connectivity index (χ2n) is 4.44. The van der Waals surface area contributed by atoms with Crippen molar-refractivity contribution in [2.75, 3.05) is 0 Å². The first kappa shape index (κ1) is 12.5. The highest BCUT2D eigenvalue weighted by Crippen LogP contribution is 2.18. The third kappa shape index (κ3) is 2.57. The number of halogens is 2. The van der Waals surface area contributed by atoms with Crippen LogP contribution in [0.3, 0.4) is 0 Å². The van der Waals surface area contributed by atoms with E-state index in [1.165, 1.54) is 0 Å². The molecule has 3 aromatic rings. The van der Waals surface area contributed by atoms with Crippen molar-refractivity contribution in [3.8, 4) is 0 Å². The maximum Gasteiger partial charge on any atom is 0.161 e. The lowest BCUT2D eigenvalue weighted by Gasteiger charge is -2.00. The summed E-state index contributed by atoms with van der Waals surface area (Å²) in [4.78, 5) is 4.30. The zero-order chi connectivity index (χ0) is 13.9. The van der Waals surface area contributed by atoms with Crippen molar-refractivity contribution in [2.24, 2.45) is 0 Å². The highest BCUT2D eigenvalue weighted by Gasteiger charge is 2.04. The van der Waals surface area contributed by atoms with E-state index >= 15 is 0 Å². The van der Waals surface area contributed by atoms with E-state index in [-0.39, 0.29) is 0 Å². The minimum absolute atomic E-state index is 0.444. The van der Waals surface area contributed by atoms with Crippen LogP contribution in [0.25, 0.3) is 23.1 Å². The van der Waals surface area contributed by atoms with Crippen molar-refractivity contribution >= 4 is 23.1 Å². The Morgan fingerprint density at radius 1 is 0.800 bits per heavy atom. The average Bonchev–Trinajstić information content (AvgIpc) is 2.47. The molecule has 98 valence electrons. The predicted molar refractivity (Wildman–Crippen MR) is 77.0 cm³/mol. The highest BCUT2D eigenvalue weighted by molar-refractivity contribution is 5.81. The van der Waals surface area contributed by atoms with Crippen molar-refractivity contribution in [3.63, 3.8) is 0 Å². The number of nitrogens with zero attached hydrogens (tertiary/aromatic N) is 1. The zero-order valence-corrected chi connectivity index (χ0v) is 10.6. The normalized spacial score (nSPS) is 11.3. The zero-order valence-electron chi connectivity index (χ0n) is 10.6. The first-order valence-corrected chi connectivity index (χ1v) is 6.21. The molecule has 0 fully saturated rings. The van der Waals surface area contributed by atoms with Gasteiger partial charge in [-0.1, -0.05) is 42.5 Å². The molecule has 1 aromatic heterocycles. The predicted octanol–water partition coefficient (Wildman–Crippen LogP) is 4.68. The van der Waals surface area contributed by atoms with Gasteiger partial charge in [-0.3, -0.25) is 0 Å². The van der Waals surface area contributed by atoms with Crippen LogP contribution in [0.2, 0.25) is 0 Å². The summed E-state index contributed by atoms with van der Waals surface area (Å²) in [5.41, 5.74) is 2.20. The van der Waals surface area contributed by atoms with Crippen LogP contribution in [0.15, 0.2) is 54.6 Å². The van der Waals surface area contributed by atoms with Crippen molar-refractivity contribution < 1.29 is 8.78 Å². The lowest BCUT2D eigenvalue weighted by molar-refractivity contribution is 0.510. The fourth-order valence-electron chi connectivity index (χ4n) is 1.97. The minimum atomic E-state index is -0.880. The molecule has 0 amide bonds. The van der Waals surface area contributed by atoms with Crippen LogP contribution in [0.5, 0.6) is 0 Å². The van der Waals surface area contributed by atoms with Gasteiger partial charge in [-0.15, -0.1) is 0 Å². The number of fused-ring (bicyclic) bond motifs is 1. The Balaban J connectivity index is 1.97. The summed E-state index contributed by atoms with van der Waals surface area (Å²) >= 11 is 0. The number of hydrogen-bond acceptors (Lipinski definition) is 1. The monoisotopic (exact) mass is 267 g/mol. The number of benzene rings is 2. The van der Waals surface area contributed by atoms with Crippen LogP contribution in [-0.4, -0.2) is 4.98 Å². The number of rotatable bonds is 2. The fourth-order valence-corrected chi connectivity index (χ4v) is 1.97. The summed E-state index contributed by atoms with van der Waals surface area (Å²) in [5, 5.41) is 0.584. The van der Waals surface area contributed by atoms with Crippen molar-refractivity contribution in [1.29, 1.82) is 0 Å². The number of aromatic nitrogens is 1. The molecular formula is C17H11F2N. The van der Waals surface area contributed by atoms with Crippen LogP contribution in [0.1, 0.15) is 11.3 Å². The average molecular weight is 267 g/mol. The molecule has 0 atom stereocenters. The first-order chi connectivity index (χ1) is 9.72. The van der Waals surface area contributed by atoms with E-state index in [0.717, 1.165) is 17.7 Å². The number of hydrogen-bond donors (Lipinski definition) is 0. The summed E-state index contributed by atoms with van der Waals surface area (Å²) in [6.45, 7) is 0. The lowest BCUT2D eigenvalue weighted by atomic mass is 10.1. The molecule has 0 unspecified atom stereocenters. The molecule has 0 spiro atoms. The molecule has 0 saturated heterocycles. The molecular weight excluding hydrogens is 256 g/mol. The maximum atomic E-state index is 13.2. The van der Waals surface area contributed by atoms with Crippen LogP contribution < -0.4 is 0 Å². The molecule has 0 aliphatic heterocycles. The Bertz CT molecular complexity index is 780. The molecule has 0 radical (unpaired) electrons. The van der Waals surface area contributed by atoms with E-state index in [1.807, 2.05) is 42.5 Å². The van der Waals surface area contributed by atoms with Gasteiger partial charge in [0, 0.05) is 11.5 Å². The van der Waals surface area contributed by atoms with Crippen molar-refractivity contribution in [1.82, 2.24) is 4.98 Å². The third-order valence-corrected chi connectivity index (χ3v) is 3.00. The van der Waals surface area contributed by atoms with E-state index in [1.54, 1.807) is 12.1 Å². The van der Waals surface area contributed by atoms with Crippen LogP contribution in [0, 0.1) is 11.6 Å². The van der Waals surface area contributed by atoms with Gasteiger partial charge in [0.1, 0.15) is 0 Å². The molecule has 1 nitrogen and oxygen atoms in total. The maximum absolute atomic E-state index is 13.2. The van der Waals surface area contributed by atoms with Gasteiger partial charge in [0.25, 0.3) is 0 Å². The minimum Gasteiger partial charge on any atom is -0.248 e. The van der Waals surface area contributed by atoms with Crippen LogP contribution >= 0.6 is 0 Å². The molecule has 0 aliphatic rings. The summed E-state index contributed by atoms with van der Waals surface area (Å²) in [7, 11) is 0. The van der Waals surface area contributed by atoms with Gasteiger partial charge < -0.3 is 0 Å². The van der Waals surface area contributed by atoms with E-state index in [2.05, 4.69) is 4.98 Å². The smallest absolute Gasteiger partial charge is 0.161 e. The SMILES string of the molecule is Fc1cc2ccc(C=Cc3ccccc3)nc2cc1F. The van der Waals surface area contributed by atoms with Gasteiger partial charge in [0.2, 0.25) is 0 Å². The standard InChI is InChI=1S/C17H11F2N/c18-15-10-13-7-9-14(20-17(13)11-16(15)19)8-6-12-4-2-1-3-5-12/h1-11H. The second kappa shape index (κ2) is 5.21. The van der Waals surface area contributed by atoms with Crippen LogP contribution in [0.4, 0.5) is 8.78 Å². The summed E-state index contributed by atoms with van der Waals surface area (Å²) in [6, 6.07) is 15.6. The fraction of sp³-hybridized carbons (Fsp3) is 0. The van der Waals surface area contributed by atoms with E-state index in [9.17, 15) is 8.78 Å². The van der Waals surface area contributed by atoms with Crippen LogP contribution in [-0.2, 0) is 0 Å².